The fraction of sp³-hybridized carbons (Fsp3) is 0.0870. The van der Waals surface area contributed by atoms with Gasteiger partial charge in [0.05, 0.1) is 0 Å². The predicted octanol–water partition coefficient (Wildman–Crippen LogP) is 4.34. The van der Waals surface area contributed by atoms with Crippen molar-refractivity contribution in [1.82, 2.24) is 9.55 Å². The molecule has 136 valence electrons. The first-order chi connectivity index (χ1) is 12.8. The van der Waals surface area contributed by atoms with E-state index in [1.165, 1.54) is 15.9 Å². The van der Waals surface area contributed by atoms with E-state index in [0.717, 1.165) is 12.0 Å². The van der Waals surface area contributed by atoms with Gasteiger partial charge >= 0.3 is 0 Å². The molecule has 0 aliphatic rings. The molecule has 0 saturated carbocycles. The van der Waals surface area contributed by atoms with Crippen LogP contribution < -0.4 is 15.9 Å². The molecule has 4 aromatic rings. The molecule has 0 atom stereocenters. The van der Waals surface area contributed by atoms with Gasteiger partial charge in [-0.2, -0.15) is 0 Å². The van der Waals surface area contributed by atoms with Crippen LogP contribution in [0.5, 0.6) is 0 Å². The van der Waals surface area contributed by atoms with Gasteiger partial charge in [0.1, 0.15) is 35.2 Å². The third-order valence-electron chi connectivity index (χ3n) is 4.89. The zero-order chi connectivity index (χ0) is 17.8. The molecular weight excluding hydrogens is 371 g/mol. The number of halogens is 1. The highest BCUT2D eigenvalue weighted by molar-refractivity contribution is 7.95. The van der Waals surface area contributed by atoms with Crippen molar-refractivity contribution in [1.29, 1.82) is 0 Å². The van der Waals surface area contributed by atoms with Crippen molar-refractivity contribution >= 4 is 35.6 Å². The standard InChI is InChI=1S/C23H22N2P.ClH/c1-25-18-17-24-23(25)19-26(20-11-5-2-6-12-20,21-13-7-3-8-14-21)22-15-9-4-10-16-22;/h2-18H,19H2,1H3;1H/q+1;. The molecule has 0 spiro atoms. The van der Waals surface area contributed by atoms with Gasteiger partial charge in [0.2, 0.25) is 0 Å². The number of aryl methyl sites for hydroxylation is 1. The maximum Gasteiger partial charge on any atom is 0.147 e. The monoisotopic (exact) mass is 393 g/mol. The topological polar surface area (TPSA) is 17.8 Å². The molecule has 0 N–H and O–H groups in total. The number of imidazole rings is 1. The average molecular weight is 394 g/mol. The first kappa shape index (κ1) is 19.4. The quantitative estimate of drug-likeness (QED) is 0.461. The molecule has 2 nitrogen and oxygen atoms in total. The van der Waals surface area contributed by atoms with Crippen LogP contribution >= 0.6 is 19.7 Å². The third-order valence-corrected chi connectivity index (χ3v) is 9.19. The van der Waals surface area contributed by atoms with Crippen molar-refractivity contribution in [3.8, 4) is 0 Å². The van der Waals surface area contributed by atoms with Crippen molar-refractivity contribution in [2.45, 2.75) is 6.16 Å². The van der Waals surface area contributed by atoms with Gasteiger partial charge < -0.3 is 4.57 Å². The highest BCUT2D eigenvalue weighted by Gasteiger charge is 2.46. The number of nitrogens with zero attached hydrogens (tertiary/aromatic N) is 2. The summed E-state index contributed by atoms with van der Waals surface area (Å²) in [6.45, 7) is 0. The zero-order valence-electron chi connectivity index (χ0n) is 15.3. The lowest BCUT2D eigenvalue weighted by atomic mass is 10.4. The van der Waals surface area contributed by atoms with Crippen molar-refractivity contribution in [3.05, 3.63) is 109 Å². The second-order valence-corrected chi connectivity index (χ2v) is 9.91. The minimum atomic E-state index is -1.85. The second-order valence-electron chi connectivity index (χ2n) is 6.43. The number of aromatic nitrogens is 2. The Balaban J connectivity index is 0.00000210. The van der Waals surface area contributed by atoms with E-state index in [4.69, 9.17) is 0 Å². The van der Waals surface area contributed by atoms with Gasteiger partial charge in [0.15, 0.2) is 0 Å². The van der Waals surface area contributed by atoms with Crippen LogP contribution in [0.25, 0.3) is 0 Å². The fourth-order valence-electron chi connectivity index (χ4n) is 3.53. The Morgan fingerprint density at radius 1 is 0.704 bits per heavy atom. The summed E-state index contributed by atoms with van der Waals surface area (Å²) < 4.78 is 2.14. The highest BCUT2D eigenvalue weighted by Crippen LogP contribution is 2.57. The smallest absolute Gasteiger partial charge is 0.147 e. The van der Waals surface area contributed by atoms with Crippen LogP contribution in [0.2, 0.25) is 0 Å². The lowest BCUT2D eigenvalue weighted by Gasteiger charge is -2.27. The SMILES string of the molecule is Cl.Cn1ccnc1C[P+](c1ccccc1)(c1ccccc1)c1ccccc1. The van der Waals surface area contributed by atoms with E-state index >= 15 is 0 Å². The van der Waals surface area contributed by atoms with Gasteiger partial charge in [0.25, 0.3) is 0 Å². The molecule has 0 bridgehead atoms. The molecule has 4 heteroatoms. The molecule has 27 heavy (non-hydrogen) atoms. The summed E-state index contributed by atoms with van der Waals surface area (Å²) >= 11 is 0. The molecule has 0 fully saturated rings. The van der Waals surface area contributed by atoms with E-state index < -0.39 is 7.26 Å². The highest BCUT2D eigenvalue weighted by atomic mass is 35.5. The Bertz CT molecular complexity index is 872. The van der Waals surface area contributed by atoms with Crippen LogP contribution in [0, 0.1) is 0 Å². The average Bonchev–Trinajstić information content (AvgIpc) is 3.12. The lowest BCUT2D eigenvalue weighted by Crippen LogP contribution is -2.33. The first-order valence-electron chi connectivity index (χ1n) is 8.82. The van der Waals surface area contributed by atoms with Crippen LogP contribution in [0.3, 0.4) is 0 Å². The van der Waals surface area contributed by atoms with Crippen molar-refractivity contribution in [2.75, 3.05) is 0 Å². The van der Waals surface area contributed by atoms with E-state index in [1.807, 2.05) is 12.4 Å². The number of benzene rings is 3. The summed E-state index contributed by atoms with van der Waals surface area (Å²) in [6.07, 6.45) is 4.84. The van der Waals surface area contributed by atoms with Gasteiger partial charge in [-0.15, -0.1) is 12.4 Å². The van der Waals surface area contributed by atoms with E-state index in [1.54, 1.807) is 0 Å². The minimum Gasteiger partial charge on any atom is -0.335 e. The Kier molecular flexibility index (Phi) is 6.11. The van der Waals surface area contributed by atoms with Crippen LogP contribution in [-0.2, 0) is 13.2 Å². The molecule has 0 saturated heterocycles. The molecule has 3 aromatic carbocycles. The summed E-state index contributed by atoms with van der Waals surface area (Å²) in [6, 6.07) is 32.8. The molecule has 1 aromatic heterocycles. The van der Waals surface area contributed by atoms with Crippen molar-refractivity contribution < 1.29 is 0 Å². The second kappa shape index (κ2) is 8.52. The molecule has 0 amide bonds. The van der Waals surface area contributed by atoms with Crippen molar-refractivity contribution in [2.24, 2.45) is 7.05 Å². The third kappa shape index (κ3) is 3.69. The van der Waals surface area contributed by atoms with Crippen molar-refractivity contribution in [3.63, 3.8) is 0 Å². The van der Waals surface area contributed by atoms with Crippen LogP contribution in [0.4, 0.5) is 0 Å². The van der Waals surface area contributed by atoms with E-state index in [9.17, 15) is 0 Å². The maximum absolute atomic E-state index is 4.67. The number of hydrogen-bond donors (Lipinski definition) is 0. The van der Waals surface area contributed by atoms with Gasteiger partial charge in [-0.1, -0.05) is 54.6 Å². The van der Waals surface area contributed by atoms with Gasteiger partial charge in [0, 0.05) is 19.4 Å². The van der Waals surface area contributed by atoms with Crippen LogP contribution in [0.1, 0.15) is 5.82 Å². The summed E-state index contributed by atoms with van der Waals surface area (Å²) in [5.74, 6) is 1.12. The molecule has 4 rings (SSSR count). The fourth-order valence-corrected chi connectivity index (χ4v) is 7.74. The molecule has 0 aliphatic heterocycles. The number of rotatable bonds is 5. The summed E-state index contributed by atoms with van der Waals surface area (Å²) in [5, 5.41) is 4.17. The molecule has 0 aliphatic carbocycles. The Hall–Kier alpha value is -2.41. The summed E-state index contributed by atoms with van der Waals surface area (Å²) in [7, 11) is 0.229. The summed E-state index contributed by atoms with van der Waals surface area (Å²) in [5.41, 5.74) is 0. The molecule has 1 heterocycles. The largest absolute Gasteiger partial charge is 0.335 e. The predicted molar refractivity (Wildman–Crippen MR) is 119 cm³/mol. The Morgan fingerprint density at radius 3 is 1.44 bits per heavy atom. The van der Waals surface area contributed by atoms with Crippen LogP contribution in [-0.4, -0.2) is 9.55 Å². The Labute approximate surface area is 167 Å². The van der Waals surface area contributed by atoms with Crippen LogP contribution in [0.15, 0.2) is 103 Å². The van der Waals surface area contributed by atoms with E-state index in [0.29, 0.717) is 0 Å². The maximum atomic E-state index is 4.67. The Morgan fingerprint density at radius 2 is 1.11 bits per heavy atom. The van der Waals surface area contributed by atoms with Gasteiger partial charge in [-0.25, -0.2) is 4.98 Å². The summed E-state index contributed by atoms with van der Waals surface area (Å²) in [4.78, 5) is 4.67. The minimum absolute atomic E-state index is 0. The van der Waals surface area contributed by atoms with E-state index in [-0.39, 0.29) is 12.4 Å². The first-order valence-corrected chi connectivity index (χ1v) is 10.8. The molecule has 0 radical (unpaired) electrons. The number of hydrogen-bond acceptors (Lipinski definition) is 1. The molecule has 0 unspecified atom stereocenters. The lowest BCUT2D eigenvalue weighted by molar-refractivity contribution is 0.847. The van der Waals surface area contributed by atoms with Gasteiger partial charge in [-0.05, 0) is 36.4 Å². The molecular formula is C23H23ClN2P+. The van der Waals surface area contributed by atoms with E-state index in [2.05, 4.69) is 108 Å². The van der Waals surface area contributed by atoms with Gasteiger partial charge in [-0.3, -0.25) is 0 Å². The normalized spacial score (nSPS) is 11.0. The zero-order valence-corrected chi connectivity index (χ0v) is 17.0.